The molecule has 134 valence electrons. The summed E-state index contributed by atoms with van der Waals surface area (Å²) in [5.74, 6) is 0.536. The van der Waals surface area contributed by atoms with E-state index in [0.29, 0.717) is 25.7 Å². The number of nitrogens with zero attached hydrogens (tertiary/aromatic N) is 2. The van der Waals surface area contributed by atoms with Crippen LogP contribution in [0.5, 0.6) is 0 Å². The highest BCUT2D eigenvalue weighted by molar-refractivity contribution is 5.72. The molecule has 1 heterocycles. The molecule has 0 bridgehead atoms. The summed E-state index contributed by atoms with van der Waals surface area (Å²) >= 11 is 0. The second kappa shape index (κ2) is 8.63. The number of nitrogens with one attached hydrogen (secondary N) is 1. The van der Waals surface area contributed by atoms with Gasteiger partial charge in [0.15, 0.2) is 0 Å². The number of hydrogen-bond donors (Lipinski definition) is 3. The molecule has 7 nitrogen and oxygen atoms in total. The average Bonchev–Trinajstić information content (AvgIpc) is 2.59. The zero-order valence-electron chi connectivity index (χ0n) is 14.5. The van der Waals surface area contributed by atoms with Crippen molar-refractivity contribution in [2.45, 2.75) is 12.8 Å². The Labute approximate surface area is 143 Å². The Balaban J connectivity index is 1.72. The zero-order chi connectivity index (χ0) is 17.5. The number of ether oxygens (including phenoxy) is 1. The van der Waals surface area contributed by atoms with E-state index in [1.54, 1.807) is 7.05 Å². The molecule has 1 fully saturated rings. The minimum Gasteiger partial charge on any atom is -0.465 e. The molecule has 7 heteroatoms. The van der Waals surface area contributed by atoms with Crippen LogP contribution in [0.2, 0.25) is 0 Å². The Kier molecular flexibility index (Phi) is 6.54. The molecule has 1 aliphatic heterocycles. The average molecular weight is 336 g/mol. The van der Waals surface area contributed by atoms with E-state index < -0.39 is 6.09 Å². The lowest BCUT2D eigenvalue weighted by Crippen LogP contribution is -2.35. The van der Waals surface area contributed by atoms with Gasteiger partial charge in [0.05, 0.1) is 18.0 Å². The summed E-state index contributed by atoms with van der Waals surface area (Å²) in [7, 11) is 3.43. The van der Waals surface area contributed by atoms with Crippen LogP contribution in [0.15, 0.2) is 18.2 Å². The van der Waals surface area contributed by atoms with Crippen molar-refractivity contribution in [3.8, 4) is 0 Å². The van der Waals surface area contributed by atoms with E-state index in [2.05, 4.69) is 22.3 Å². The molecular formula is C17H28N4O3. The Morgan fingerprint density at radius 2 is 2.17 bits per heavy atom. The van der Waals surface area contributed by atoms with E-state index in [0.717, 1.165) is 37.3 Å². The van der Waals surface area contributed by atoms with Gasteiger partial charge in [-0.15, -0.1) is 0 Å². The normalized spacial score (nSPS) is 15.3. The topological polar surface area (TPSA) is 91.1 Å². The Hall–Kier alpha value is -2.15. The maximum atomic E-state index is 10.7. The van der Waals surface area contributed by atoms with Gasteiger partial charge >= 0.3 is 6.09 Å². The number of anilines is 3. The van der Waals surface area contributed by atoms with Crippen molar-refractivity contribution in [2.24, 2.45) is 5.92 Å². The van der Waals surface area contributed by atoms with Crippen LogP contribution < -0.4 is 16.0 Å². The summed E-state index contributed by atoms with van der Waals surface area (Å²) in [4.78, 5) is 14.3. The third-order valence-corrected chi connectivity index (χ3v) is 4.54. The maximum Gasteiger partial charge on any atom is 0.407 e. The predicted molar refractivity (Wildman–Crippen MR) is 96.8 cm³/mol. The number of carboxylic acid groups (broad SMARTS) is 1. The van der Waals surface area contributed by atoms with E-state index in [9.17, 15) is 4.79 Å². The SMILES string of the molecule is CNc1cc(N2CCC(COCCN(C)C(=O)O)CC2)ccc1N. The van der Waals surface area contributed by atoms with Crippen molar-refractivity contribution in [1.29, 1.82) is 0 Å². The van der Waals surface area contributed by atoms with Crippen LogP contribution in [0.3, 0.4) is 0 Å². The summed E-state index contributed by atoms with van der Waals surface area (Å²) in [6.45, 7) is 3.55. The smallest absolute Gasteiger partial charge is 0.407 e. The van der Waals surface area contributed by atoms with Crippen LogP contribution in [-0.4, -0.2) is 63.0 Å². The van der Waals surface area contributed by atoms with Crippen LogP contribution in [-0.2, 0) is 4.74 Å². The fourth-order valence-electron chi connectivity index (χ4n) is 2.86. The first-order valence-electron chi connectivity index (χ1n) is 8.35. The van der Waals surface area contributed by atoms with Crippen LogP contribution >= 0.6 is 0 Å². The monoisotopic (exact) mass is 336 g/mol. The van der Waals surface area contributed by atoms with Crippen molar-refractivity contribution in [1.82, 2.24) is 4.90 Å². The fraction of sp³-hybridized carbons (Fsp3) is 0.588. The Bertz CT molecular complexity index is 545. The molecular weight excluding hydrogens is 308 g/mol. The summed E-state index contributed by atoms with van der Waals surface area (Å²) in [6, 6.07) is 6.10. The Morgan fingerprint density at radius 3 is 2.79 bits per heavy atom. The second-order valence-corrected chi connectivity index (χ2v) is 6.23. The largest absolute Gasteiger partial charge is 0.465 e. The van der Waals surface area contributed by atoms with Gasteiger partial charge in [0.2, 0.25) is 0 Å². The van der Waals surface area contributed by atoms with Crippen molar-refractivity contribution in [2.75, 3.05) is 62.9 Å². The highest BCUT2D eigenvalue weighted by Crippen LogP contribution is 2.28. The summed E-state index contributed by atoms with van der Waals surface area (Å²) in [5, 5.41) is 11.9. The number of piperidine rings is 1. The van der Waals surface area contributed by atoms with E-state index >= 15 is 0 Å². The third kappa shape index (κ3) is 4.92. The van der Waals surface area contributed by atoms with E-state index in [-0.39, 0.29) is 0 Å². The number of nitrogen functional groups attached to an aromatic ring is 1. The van der Waals surface area contributed by atoms with Gasteiger partial charge in [-0.05, 0) is 37.0 Å². The first-order valence-corrected chi connectivity index (χ1v) is 8.35. The number of hydrogen-bond acceptors (Lipinski definition) is 5. The fourth-order valence-corrected chi connectivity index (χ4v) is 2.86. The van der Waals surface area contributed by atoms with Crippen molar-refractivity contribution in [3.05, 3.63) is 18.2 Å². The van der Waals surface area contributed by atoms with E-state index in [1.165, 1.54) is 10.6 Å². The zero-order valence-corrected chi connectivity index (χ0v) is 14.5. The highest BCUT2D eigenvalue weighted by Gasteiger charge is 2.20. The first kappa shape index (κ1) is 18.2. The van der Waals surface area contributed by atoms with Crippen LogP contribution in [0.4, 0.5) is 21.9 Å². The van der Waals surface area contributed by atoms with Gasteiger partial charge in [-0.2, -0.15) is 0 Å². The van der Waals surface area contributed by atoms with Gasteiger partial charge in [0.25, 0.3) is 0 Å². The molecule has 0 radical (unpaired) electrons. The van der Waals surface area contributed by atoms with Crippen molar-refractivity contribution in [3.63, 3.8) is 0 Å². The molecule has 24 heavy (non-hydrogen) atoms. The molecule has 0 aliphatic carbocycles. The lowest BCUT2D eigenvalue weighted by Gasteiger charge is -2.34. The molecule has 2 rings (SSSR count). The van der Waals surface area contributed by atoms with Crippen LogP contribution in [0.25, 0.3) is 0 Å². The highest BCUT2D eigenvalue weighted by atomic mass is 16.5. The number of carbonyl (C=O) groups is 1. The lowest BCUT2D eigenvalue weighted by atomic mass is 9.97. The standard InChI is InChI=1S/C17H28N4O3/c1-19-16-11-14(3-4-15(16)18)21-7-5-13(6-8-21)12-24-10-9-20(2)17(22)23/h3-4,11,13,19H,5-10,12,18H2,1-2H3,(H,22,23). The summed E-state index contributed by atoms with van der Waals surface area (Å²) < 4.78 is 5.64. The molecule has 0 saturated carbocycles. The van der Waals surface area contributed by atoms with Gasteiger partial charge in [0.1, 0.15) is 0 Å². The molecule has 1 aromatic carbocycles. The van der Waals surface area contributed by atoms with Gasteiger partial charge in [-0.25, -0.2) is 4.79 Å². The maximum absolute atomic E-state index is 10.7. The second-order valence-electron chi connectivity index (χ2n) is 6.23. The van der Waals surface area contributed by atoms with Gasteiger partial charge in [0, 0.05) is 46.0 Å². The minimum absolute atomic E-state index is 0.409. The molecule has 0 spiro atoms. The van der Waals surface area contributed by atoms with Crippen LogP contribution in [0.1, 0.15) is 12.8 Å². The predicted octanol–water partition coefficient (Wildman–Crippen LogP) is 2.15. The summed E-state index contributed by atoms with van der Waals surface area (Å²) in [5.41, 5.74) is 8.83. The molecule has 0 atom stereocenters. The number of benzene rings is 1. The Morgan fingerprint density at radius 1 is 1.46 bits per heavy atom. The van der Waals surface area contributed by atoms with Crippen molar-refractivity contribution >= 4 is 23.2 Å². The van der Waals surface area contributed by atoms with Gasteiger partial charge in [-0.3, -0.25) is 0 Å². The quantitative estimate of drug-likeness (QED) is 0.522. The van der Waals surface area contributed by atoms with Crippen LogP contribution in [0, 0.1) is 5.92 Å². The molecule has 1 aromatic rings. The molecule has 1 saturated heterocycles. The number of amides is 1. The first-order chi connectivity index (χ1) is 11.5. The van der Waals surface area contributed by atoms with E-state index in [4.69, 9.17) is 15.6 Å². The molecule has 1 amide bonds. The molecule has 4 N–H and O–H groups in total. The lowest BCUT2D eigenvalue weighted by molar-refractivity contribution is 0.0735. The molecule has 0 unspecified atom stereocenters. The number of rotatable bonds is 7. The summed E-state index contributed by atoms with van der Waals surface area (Å²) in [6.07, 6.45) is 1.23. The van der Waals surface area contributed by atoms with Crippen molar-refractivity contribution < 1.29 is 14.6 Å². The molecule has 1 aliphatic rings. The van der Waals surface area contributed by atoms with E-state index in [1.807, 2.05) is 13.1 Å². The third-order valence-electron chi connectivity index (χ3n) is 4.54. The minimum atomic E-state index is -0.920. The van der Waals surface area contributed by atoms with Gasteiger partial charge < -0.3 is 30.7 Å². The number of likely N-dealkylation sites (N-methyl/N-ethyl adjacent to an activating group) is 1. The number of nitrogens with two attached hydrogens (primary N) is 1. The molecule has 0 aromatic heterocycles. The van der Waals surface area contributed by atoms with Gasteiger partial charge in [-0.1, -0.05) is 0 Å².